The standard InChI is InChI=1S/C12H13NO5/c14-5-8(15)11(16)9-6-3-1-2-4-7(6)13-10(9)12(17)18/h1-4,8,11,13-16H,5H2,(H,17,18). The number of nitrogens with one attached hydrogen (secondary N) is 1. The predicted octanol–water partition coefficient (Wildman–Crippen LogP) is 0.253. The van der Waals surface area contributed by atoms with Crippen LogP contribution in [-0.4, -0.2) is 44.1 Å². The Morgan fingerprint density at radius 2 is 1.94 bits per heavy atom. The summed E-state index contributed by atoms with van der Waals surface area (Å²) in [4.78, 5) is 13.8. The first-order chi connectivity index (χ1) is 8.56. The van der Waals surface area contributed by atoms with Gasteiger partial charge < -0.3 is 25.4 Å². The van der Waals surface area contributed by atoms with E-state index in [4.69, 9.17) is 10.2 Å². The summed E-state index contributed by atoms with van der Waals surface area (Å²) in [6.45, 7) is -0.653. The van der Waals surface area contributed by atoms with E-state index in [-0.39, 0.29) is 11.3 Å². The molecule has 1 heterocycles. The van der Waals surface area contributed by atoms with Gasteiger partial charge in [-0.1, -0.05) is 18.2 Å². The van der Waals surface area contributed by atoms with E-state index in [2.05, 4.69) is 4.98 Å². The van der Waals surface area contributed by atoms with E-state index in [9.17, 15) is 15.0 Å². The maximum Gasteiger partial charge on any atom is 0.352 e. The van der Waals surface area contributed by atoms with Gasteiger partial charge in [0, 0.05) is 16.5 Å². The SMILES string of the molecule is O=C(O)c1[nH]c2ccccc2c1C(O)C(O)CO. The van der Waals surface area contributed by atoms with E-state index in [1.54, 1.807) is 24.3 Å². The normalized spacial score (nSPS) is 14.6. The van der Waals surface area contributed by atoms with Gasteiger partial charge in [-0.05, 0) is 6.07 Å². The summed E-state index contributed by atoms with van der Waals surface area (Å²) in [7, 11) is 0. The smallest absolute Gasteiger partial charge is 0.352 e. The molecule has 1 aromatic heterocycles. The minimum absolute atomic E-state index is 0.0830. The molecule has 0 fully saturated rings. The third-order valence-corrected chi connectivity index (χ3v) is 2.81. The number of fused-ring (bicyclic) bond motifs is 1. The van der Waals surface area contributed by atoms with Crippen LogP contribution in [0, 0.1) is 0 Å². The summed E-state index contributed by atoms with van der Waals surface area (Å²) in [5.41, 5.74) is 0.449. The number of carboxylic acids is 1. The molecule has 0 aliphatic carbocycles. The second kappa shape index (κ2) is 4.77. The number of rotatable bonds is 4. The van der Waals surface area contributed by atoms with E-state index in [1.165, 1.54) is 0 Å². The number of hydrogen-bond donors (Lipinski definition) is 5. The zero-order chi connectivity index (χ0) is 13.3. The maximum absolute atomic E-state index is 11.1. The second-order valence-electron chi connectivity index (χ2n) is 3.96. The number of aliphatic hydroxyl groups is 3. The van der Waals surface area contributed by atoms with Crippen molar-refractivity contribution in [2.24, 2.45) is 0 Å². The molecule has 0 radical (unpaired) electrons. The van der Waals surface area contributed by atoms with Gasteiger partial charge in [0.05, 0.1) is 6.61 Å². The first-order valence-electron chi connectivity index (χ1n) is 5.37. The predicted molar refractivity (Wildman–Crippen MR) is 63.3 cm³/mol. The average Bonchev–Trinajstić information content (AvgIpc) is 2.76. The monoisotopic (exact) mass is 251 g/mol. The summed E-state index contributed by atoms with van der Waals surface area (Å²) in [6.07, 6.45) is -2.89. The number of para-hydroxylation sites is 1. The van der Waals surface area contributed by atoms with E-state index >= 15 is 0 Å². The number of carboxylic acid groups (broad SMARTS) is 1. The topological polar surface area (TPSA) is 114 Å². The molecule has 2 aromatic rings. The molecular formula is C12H13NO5. The quantitative estimate of drug-likeness (QED) is 0.534. The summed E-state index contributed by atoms with van der Waals surface area (Å²) in [5, 5.41) is 37.8. The molecule has 96 valence electrons. The zero-order valence-corrected chi connectivity index (χ0v) is 9.37. The van der Waals surface area contributed by atoms with Gasteiger partial charge in [0.2, 0.25) is 0 Å². The minimum atomic E-state index is -1.46. The van der Waals surface area contributed by atoms with E-state index in [0.717, 1.165) is 0 Å². The van der Waals surface area contributed by atoms with Crippen molar-refractivity contribution in [2.75, 3.05) is 6.61 Å². The van der Waals surface area contributed by atoms with Crippen LogP contribution in [0.5, 0.6) is 0 Å². The van der Waals surface area contributed by atoms with Crippen molar-refractivity contribution in [3.63, 3.8) is 0 Å². The molecule has 0 spiro atoms. The van der Waals surface area contributed by atoms with Crippen molar-refractivity contribution in [1.29, 1.82) is 0 Å². The fraction of sp³-hybridized carbons (Fsp3) is 0.250. The molecule has 0 saturated heterocycles. The molecular weight excluding hydrogens is 238 g/mol. The van der Waals surface area contributed by atoms with Crippen LogP contribution in [0.2, 0.25) is 0 Å². The Bertz CT molecular complexity index is 577. The van der Waals surface area contributed by atoms with Crippen molar-refractivity contribution in [1.82, 2.24) is 4.98 Å². The molecule has 2 unspecified atom stereocenters. The molecule has 18 heavy (non-hydrogen) atoms. The van der Waals surface area contributed by atoms with Gasteiger partial charge in [0.25, 0.3) is 0 Å². The van der Waals surface area contributed by atoms with Crippen molar-refractivity contribution in [3.05, 3.63) is 35.5 Å². The van der Waals surface area contributed by atoms with Crippen LogP contribution in [0.3, 0.4) is 0 Å². The summed E-state index contributed by atoms with van der Waals surface area (Å²) >= 11 is 0. The summed E-state index contributed by atoms with van der Waals surface area (Å²) in [6, 6.07) is 6.73. The Labute approximate surface area is 102 Å². The number of carbonyl (C=O) groups is 1. The van der Waals surface area contributed by atoms with Crippen molar-refractivity contribution >= 4 is 16.9 Å². The van der Waals surface area contributed by atoms with Crippen LogP contribution in [0.4, 0.5) is 0 Å². The number of aromatic carboxylic acids is 1. The third kappa shape index (κ3) is 1.97. The molecule has 0 saturated carbocycles. The molecule has 0 aliphatic rings. The van der Waals surface area contributed by atoms with Crippen molar-refractivity contribution in [3.8, 4) is 0 Å². The Kier molecular flexibility index (Phi) is 3.33. The molecule has 1 aromatic carbocycles. The fourth-order valence-corrected chi connectivity index (χ4v) is 1.93. The van der Waals surface area contributed by atoms with Crippen LogP contribution in [0.1, 0.15) is 22.2 Å². The van der Waals surface area contributed by atoms with Crippen LogP contribution < -0.4 is 0 Å². The fourth-order valence-electron chi connectivity index (χ4n) is 1.93. The lowest BCUT2D eigenvalue weighted by atomic mass is 10.0. The lowest BCUT2D eigenvalue weighted by molar-refractivity contribution is -0.0151. The lowest BCUT2D eigenvalue weighted by Crippen LogP contribution is -2.23. The van der Waals surface area contributed by atoms with E-state index < -0.39 is 24.8 Å². The number of aliphatic hydroxyl groups excluding tert-OH is 3. The summed E-state index contributed by atoms with van der Waals surface area (Å²) < 4.78 is 0. The van der Waals surface area contributed by atoms with Gasteiger partial charge in [0.1, 0.15) is 17.9 Å². The largest absolute Gasteiger partial charge is 0.477 e. The van der Waals surface area contributed by atoms with Gasteiger partial charge in [-0.25, -0.2) is 4.79 Å². The number of aromatic amines is 1. The van der Waals surface area contributed by atoms with Gasteiger partial charge in [-0.15, -0.1) is 0 Å². The molecule has 6 nitrogen and oxygen atoms in total. The van der Waals surface area contributed by atoms with Crippen molar-refractivity contribution < 1.29 is 25.2 Å². The second-order valence-corrected chi connectivity index (χ2v) is 3.96. The highest BCUT2D eigenvalue weighted by molar-refractivity contribution is 5.97. The van der Waals surface area contributed by atoms with Crippen LogP contribution >= 0.6 is 0 Å². The minimum Gasteiger partial charge on any atom is -0.477 e. The van der Waals surface area contributed by atoms with Crippen LogP contribution in [0.15, 0.2) is 24.3 Å². The molecule has 0 bridgehead atoms. The highest BCUT2D eigenvalue weighted by Gasteiger charge is 2.27. The Morgan fingerprint density at radius 3 is 2.56 bits per heavy atom. The number of H-pyrrole nitrogens is 1. The van der Waals surface area contributed by atoms with Crippen LogP contribution in [-0.2, 0) is 0 Å². The van der Waals surface area contributed by atoms with E-state index in [0.29, 0.717) is 10.9 Å². The number of aromatic nitrogens is 1. The van der Waals surface area contributed by atoms with Gasteiger partial charge in [-0.2, -0.15) is 0 Å². The number of hydrogen-bond acceptors (Lipinski definition) is 4. The molecule has 2 rings (SSSR count). The van der Waals surface area contributed by atoms with Gasteiger partial charge in [-0.3, -0.25) is 0 Å². The highest BCUT2D eigenvalue weighted by Crippen LogP contribution is 2.30. The zero-order valence-electron chi connectivity index (χ0n) is 9.37. The highest BCUT2D eigenvalue weighted by atomic mass is 16.4. The first kappa shape index (κ1) is 12.6. The maximum atomic E-state index is 11.1. The molecule has 2 atom stereocenters. The Morgan fingerprint density at radius 1 is 1.28 bits per heavy atom. The van der Waals surface area contributed by atoms with Crippen molar-refractivity contribution in [2.45, 2.75) is 12.2 Å². The molecule has 5 N–H and O–H groups in total. The lowest BCUT2D eigenvalue weighted by Gasteiger charge is -2.15. The molecule has 0 aliphatic heterocycles. The van der Waals surface area contributed by atoms with Gasteiger partial charge >= 0.3 is 5.97 Å². The number of benzene rings is 1. The summed E-state index contributed by atoms with van der Waals surface area (Å²) in [5.74, 6) is -1.23. The van der Waals surface area contributed by atoms with Gasteiger partial charge in [0.15, 0.2) is 0 Å². The Balaban J connectivity index is 2.65. The molecule has 6 heteroatoms. The first-order valence-corrected chi connectivity index (χ1v) is 5.37. The van der Waals surface area contributed by atoms with E-state index in [1.807, 2.05) is 0 Å². The average molecular weight is 251 g/mol. The molecule has 0 amide bonds. The van der Waals surface area contributed by atoms with Crippen LogP contribution in [0.25, 0.3) is 10.9 Å². The Hall–Kier alpha value is -1.89. The third-order valence-electron chi connectivity index (χ3n) is 2.81.